The Morgan fingerprint density at radius 3 is 1.31 bits per heavy atom. The summed E-state index contributed by atoms with van der Waals surface area (Å²) in [4.78, 5) is 20.4. The lowest BCUT2D eigenvalue weighted by Crippen LogP contribution is -2.43. The van der Waals surface area contributed by atoms with E-state index in [1.54, 1.807) is 0 Å². The van der Waals surface area contributed by atoms with Crippen LogP contribution < -0.4 is 0 Å². The summed E-state index contributed by atoms with van der Waals surface area (Å²) in [5.74, 6) is 0. The smallest absolute Gasteiger partial charge is 0.339 e. The summed E-state index contributed by atoms with van der Waals surface area (Å²) < 4.78 is 0. The van der Waals surface area contributed by atoms with Gasteiger partial charge in [0.1, 0.15) is 0 Å². The standard InChI is InChI=1S/C10H20O2Si/c11-13(12,9-5-1-2-6-9)10-7-3-4-8-10/h9-12H,1-8H2. The van der Waals surface area contributed by atoms with E-state index in [0.717, 1.165) is 25.7 Å². The monoisotopic (exact) mass is 200 g/mol. The third kappa shape index (κ3) is 1.83. The Bertz CT molecular complexity index is 152. The van der Waals surface area contributed by atoms with Gasteiger partial charge in [0.05, 0.1) is 0 Å². The molecule has 2 nitrogen and oxygen atoms in total. The van der Waals surface area contributed by atoms with Crippen molar-refractivity contribution in [3.05, 3.63) is 0 Å². The van der Waals surface area contributed by atoms with Crippen LogP contribution in [0.5, 0.6) is 0 Å². The molecule has 0 radical (unpaired) electrons. The third-order valence-electron chi connectivity index (χ3n) is 3.91. The van der Waals surface area contributed by atoms with E-state index in [9.17, 15) is 9.59 Å². The van der Waals surface area contributed by atoms with Gasteiger partial charge < -0.3 is 9.59 Å². The van der Waals surface area contributed by atoms with Crippen LogP contribution in [0.3, 0.4) is 0 Å². The lowest BCUT2D eigenvalue weighted by Gasteiger charge is -2.30. The highest BCUT2D eigenvalue weighted by atomic mass is 28.4. The maximum atomic E-state index is 10.2. The van der Waals surface area contributed by atoms with Crippen LogP contribution in [0.15, 0.2) is 0 Å². The van der Waals surface area contributed by atoms with Crippen LogP contribution in [-0.2, 0) is 0 Å². The van der Waals surface area contributed by atoms with Gasteiger partial charge in [0, 0.05) is 11.1 Å². The molecule has 76 valence electrons. The Morgan fingerprint density at radius 2 is 1.00 bits per heavy atom. The predicted octanol–water partition coefficient (Wildman–Crippen LogP) is 2.30. The van der Waals surface area contributed by atoms with Gasteiger partial charge in [-0.25, -0.2) is 0 Å². The molecular formula is C10H20O2Si. The fourth-order valence-electron chi connectivity index (χ4n) is 3.03. The molecule has 2 N–H and O–H groups in total. The third-order valence-corrected chi connectivity index (χ3v) is 7.47. The van der Waals surface area contributed by atoms with Crippen LogP contribution >= 0.6 is 0 Å². The Hall–Kier alpha value is 0.137. The molecule has 2 saturated carbocycles. The Kier molecular flexibility index (Phi) is 2.77. The molecule has 3 heteroatoms. The fourth-order valence-corrected chi connectivity index (χ4v) is 6.22. The molecule has 0 aliphatic heterocycles. The van der Waals surface area contributed by atoms with Gasteiger partial charge >= 0.3 is 8.56 Å². The Balaban J connectivity index is 1.99. The molecule has 0 atom stereocenters. The minimum atomic E-state index is -2.84. The topological polar surface area (TPSA) is 40.5 Å². The summed E-state index contributed by atoms with van der Waals surface area (Å²) in [7, 11) is -2.84. The molecule has 0 amide bonds. The first kappa shape index (κ1) is 9.68. The zero-order chi connectivity index (χ0) is 9.31. The van der Waals surface area contributed by atoms with Crippen LogP contribution in [-0.4, -0.2) is 18.2 Å². The van der Waals surface area contributed by atoms with Gasteiger partial charge in [0.2, 0.25) is 0 Å². The first-order valence-corrected chi connectivity index (χ1v) is 7.71. The van der Waals surface area contributed by atoms with Crippen molar-refractivity contribution in [2.45, 2.75) is 62.4 Å². The van der Waals surface area contributed by atoms with Crippen molar-refractivity contribution in [1.29, 1.82) is 0 Å². The van der Waals surface area contributed by atoms with Gasteiger partial charge in [0.15, 0.2) is 0 Å². The number of rotatable bonds is 2. The molecule has 0 aromatic rings. The molecule has 0 aromatic carbocycles. The van der Waals surface area contributed by atoms with Crippen molar-refractivity contribution in [2.75, 3.05) is 0 Å². The van der Waals surface area contributed by atoms with E-state index in [4.69, 9.17) is 0 Å². The summed E-state index contributed by atoms with van der Waals surface area (Å²) in [5.41, 5.74) is 0.603. The van der Waals surface area contributed by atoms with Crippen molar-refractivity contribution >= 4 is 8.56 Å². The van der Waals surface area contributed by atoms with E-state index in [2.05, 4.69) is 0 Å². The summed E-state index contributed by atoms with van der Waals surface area (Å²) in [5, 5.41) is 0. The Morgan fingerprint density at radius 1 is 0.692 bits per heavy atom. The SMILES string of the molecule is O[Si](O)(C1CCCC1)C1CCCC1. The second-order valence-electron chi connectivity index (χ2n) is 4.75. The van der Waals surface area contributed by atoms with Crippen LogP contribution in [0.4, 0.5) is 0 Å². The predicted molar refractivity (Wildman–Crippen MR) is 54.6 cm³/mol. The molecule has 0 spiro atoms. The van der Waals surface area contributed by atoms with Crippen molar-refractivity contribution < 1.29 is 9.59 Å². The van der Waals surface area contributed by atoms with E-state index in [1.165, 1.54) is 25.7 Å². The lowest BCUT2D eigenvalue weighted by molar-refractivity contribution is 0.315. The summed E-state index contributed by atoms with van der Waals surface area (Å²) in [6.07, 6.45) is 9.18. The van der Waals surface area contributed by atoms with E-state index < -0.39 is 8.56 Å². The van der Waals surface area contributed by atoms with E-state index in [-0.39, 0.29) is 0 Å². The molecule has 0 unspecified atom stereocenters. The second kappa shape index (κ2) is 3.71. The maximum Gasteiger partial charge on any atom is 0.339 e. The van der Waals surface area contributed by atoms with Crippen LogP contribution in [0.2, 0.25) is 11.1 Å². The Labute approximate surface area is 81.2 Å². The largest absolute Gasteiger partial charge is 0.410 e. The molecule has 2 rings (SSSR count). The minimum Gasteiger partial charge on any atom is -0.410 e. The highest BCUT2D eigenvalue weighted by Crippen LogP contribution is 2.46. The van der Waals surface area contributed by atoms with E-state index in [1.807, 2.05) is 0 Å². The van der Waals surface area contributed by atoms with E-state index in [0.29, 0.717) is 11.1 Å². The molecule has 2 aliphatic carbocycles. The fraction of sp³-hybridized carbons (Fsp3) is 1.00. The first-order valence-electron chi connectivity index (χ1n) is 5.66. The van der Waals surface area contributed by atoms with Crippen molar-refractivity contribution in [1.82, 2.24) is 0 Å². The normalized spacial score (nSPS) is 27.2. The molecular weight excluding hydrogens is 180 g/mol. The van der Waals surface area contributed by atoms with E-state index >= 15 is 0 Å². The summed E-state index contributed by atoms with van der Waals surface area (Å²) in [6, 6.07) is 0. The highest BCUT2D eigenvalue weighted by molar-refractivity contribution is 6.68. The average molecular weight is 200 g/mol. The van der Waals surface area contributed by atoms with Gasteiger partial charge in [-0.2, -0.15) is 0 Å². The van der Waals surface area contributed by atoms with Crippen molar-refractivity contribution in [3.63, 3.8) is 0 Å². The minimum absolute atomic E-state index is 0.301. The quantitative estimate of drug-likeness (QED) is 0.672. The summed E-state index contributed by atoms with van der Waals surface area (Å²) >= 11 is 0. The van der Waals surface area contributed by atoms with Crippen LogP contribution in [0, 0.1) is 0 Å². The molecule has 13 heavy (non-hydrogen) atoms. The van der Waals surface area contributed by atoms with Crippen LogP contribution in [0.1, 0.15) is 51.4 Å². The van der Waals surface area contributed by atoms with Crippen LogP contribution in [0.25, 0.3) is 0 Å². The molecule has 0 heterocycles. The second-order valence-corrected chi connectivity index (χ2v) is 7.94. The van der Waals surface area contributed by atoms with Gasteiger partial charge in [-0.1, -0.05) is 25.7 Å². The molecule has 0 saturated heterocycles. The van der Waals surface area contributed by atoms with Gasteiger partial charge in [-0.15, -0.1) is 0 Å². The molecule has 2 aliphatic rings. The van der Waals surface area contributed by atoms with Gasteiger partial charge in [0.25, 0.3) is 0 Å². The first-order chi connectivity index (χ1) is 6.21. The average Bonchev–Trinajstić information content (AvgIpc) is 2.78. The van der Waals surface area contributed by atoms with Gasteiger partial charge in [-0.3, -0.25) is 0 Å². The molecule has 2 fully saturated rings. The maximum absolute atomic E-state index is 10.2. The highest BCUT2D eigenvalue weighted by Gasteiger charge is 2.48. The van der Waals surface area contributed by atoms with Crippen molar-refractivity contribution in [2.24, 2.45) is 0 Å². The zero-order valence-corrected chi connectivity index (χ0v) is 9.21. The summed E-state index contributed by atoms with van der Waals surface area (Å²) in [6.45, 7) is 0. The van der Waals surface area contributed by atoms with Crippen molar-refractivity contribution in [3.8, 4) is 0 Å². The molecule has 0 aromatic heterocycles. The van der Waals surface area contributed by atoms with Gasteiger partial charge in [-0.05, 0) is 25.7 Å². The lowest BCUT2D eigenvalue weighted by atomic mass is 10.3. The zero-order valence-electron chi connectivity index (χ0n) is 8.21. The number of hydrogen-bond acceptors (Lipinski definition) is 2. The number of hydrogen-bond donors (Lipinski definition) is 2. The molecule has 0 bridgehead atoms.